The standard InChI is InChI=1S/C13H9N3O2S2/c17-16(18)12-7-6-11(20-12)10-8-19-13(15-10)14-9-4-2-1-3-5-9/h1-8H,(H,14,15). The van der Waals surface area contributed by atoms with Gasteiger partial charge < -0.3 is 5.32 Å². The van der Waals surface area contributed by atoms with Crippen LogP contribution in [0.4, 0.5) is 15.8 Å². The third kappa shape index (κ3) is 2.68. The molecule has 0 amide bonds. The van der Waals surface area contributed by atoms with Gasteiger partial charge in [0.1, 0.15) is 0 Å². The molecule has 1 aromatic carbocycles. The summed E-state index contributed by atoms with van der Waals surface area (Å²) in [5.41, 5.74) is 1.72. The summed E-state index contributed by atoms with van der Waals surface area (Å²) in [6, 6.07) is 13.0. The fourth-order valence-corrected chi connectivity index (χ4v) is 3.24. The molecule has 0 bridgehead atoms. The number of hydrogen-bond donors (Lipinski definition) is 1. The second kappa shape index (κ2) is 5.40. The number of nitro groups is 1. The fraction of sp³-hybridized carbons (Fsp3) is 0. The van der Waals surface area contributed by atoms with Gasteiger partial charge in [-0.1, -0.05) is 29.5 Å². The molecule has 0 unspecified atom stereocenters. The molecule has 0 atom stereocenters. The third-order valence-electron chi connectivity index (χ3n) is 2.55. The molecule has 0 fully saturated rings. The van der Waals surface area contributed by atoms with Gasteiger partial charge in [-0.05, 0) is 18.2 Å². The van der Waals surface area contributed by atoms with E-state index >= 15 is 0 Å². The number of benzene rings is 1. The Labute approximate surface area is 122 Å². The van der Waals surface area contributed by atoms with Crippen molar-refractivity contribution in [1.82, 2.24) is 4.98 Å². The molecule has 7 heteroatoms. The highest BCUT2D eigenvalue weighted by molar-refractivity contribution is 7.19. The lowest BCUT2D eigenvalue weighted by Crippen LogP contribution is -1.88. The Morgan fingerprint density at radius 1 is 1.15 bits per heavy atom. The van der Waals surface area contributed by atoms with E-state index in [-0.39, 0.29) is 9.92 Å². The Balaban J connectivity index is 1.81. The molecule has 2 heterocycles. The van der Waals surface area contributed by atoms with Crippen LogP contribution in [0.15, 0.2) is 47.8 Å². The third-order valence-corrected chi connectivity index (χ3v) is 4.37. The summed E-state index contributed by atoms with van der Waals surface area (Å²) in [4.78, 5) is 15.5. The zero-order valence-electron chi connectivity index (χ0n) is 10.1. The molecule has 100 valence electrons. The molecular formula is C13H9N3O2S2. The molecule has 0 aliphatic carbocycles. The summed E-state index contributed by atoms with van der Waals surface area (Å²) < 4.78 is 0. The van der Waals surface area contributed by atoms with E-state index in [1.165, 1.54) is 17.4 Å². The Bertz CT molecular complexity index is 737. The van der Waals surface area contributed by atoms with Crippen LogP contribution in [0, 0.1) is 10.1 Å². The topological polar surface area (TPSA) is 68.1 Å². The Morgan fingerprint density at radius 3 is 2.65 bits per heavy atom. The van der Waals surface area contributed by atoms with Gasteiger partial charge in [-0.25, -0.2) is 4.98 Å². The van der Waals surface area contributed by atoms with Crippen LogP contribution in [0.3, 0.4) is 0 Å². The quantitative estimate of drug-likeness (QED) is 0.568. The van der Waals surface area contributed by atoms with Crippen molar-refractivity contribution in [3.63, 3.8) is 0 Å². The van der Waals surface area contributed by atoms with E-state index in [0.29, 0.717) is 0 Å². The average molecular weight is 303 g/mol. The van der Waals surface area contributed by atoms with Gasteiger partial charge in [-0.2, -0.15) is 0 Å². The van der Waals surface area contributed by atoms with Crippen molar-refractivity contribution in [1.29, 1.82) is 0 Å². The minimum absolute atomic E-state index is 0.130. The molecule has 0 radical (unpaired) electrons. The maximum absolute atomic E-state index is 10.7. The Kier molecular flexibility index (Phi) is 3.44. The molecule has 2 aromatic heterocycles. The van der Waals surface area contributed by atoms with Crippen LogP contribution in [0.1, 0.15) is 0 Å². The van der Waals surface area contributed by atoms with E-state index in [0.717, 1.165) is 32.7 Å². The predicted octanol–water partition coefficient (Wildman–Crippen LogP) is 4.52. The first kappa shape index (κ1) is 12.8. The van der Waals surface area contributed by atoms with Crippen LogP contribution in [-0.2, 0) is 0 Å². The van der Waals surface area contributed by atoms with Crippen molar-refractivity contribution in [3.8, 4) is 10.6 Å². The zero-order chi connectivity index (χ0) is 13.9. The van der Waals surface area contributed by atoms with Crippen molar-refractivity contribution in [2.75, 3.05) is 5.32 Å². The van der Waals surface area contributed by atoms with Crippen LogP contribution >= 0.6 is 22.7 Å². The number of hydrogen-bond acceptors (Lipinski definition) is 6. The van der Waals surface area contributed by atoms with Crippen LogP contribution < -0.4 is 5.32 Å². The van der Waals surface area contributed by atoms with Crippen molar-refractivity contribution in [2.24, 2.45) is 0 Å². The first-order valence-electron chi connectivity index (χ1n) is 5.74. The van der Waals surface area contributed by atoms with Crippen LogP contribution in [-0.4, -0.2) is 9.91 Å². The zero-order valence-corrected chi connectivity index (χ0v) is 11.8. The van der Waals surface area contributed by atoms with Crippen molar-refractivity contribution < 1.29 is 4.92 Å². The number of nitrogens with zero attached hydrogens (tertiary/aromatic N) is 2. The molecular weight excluding hydrogens is 294 g/mol. The number of para-hydroxylation sites is 1. The SMILES string of the molecule is O=[N+]([O-])c1ccc(-c2csc(Nc3ccccc3)n2)s1. The lowest BCUT2D eigenvalue weighted by molar-refractivity contribution is -0.380. The average Bonchev–Trinajstić information content (AvgIpc) is 3.08. The second-order valence-electron chi connectivity index (χ2n) is 3.92. The van der Waals surface area contributed by atoms with Gasteiger partial charge in [0.05, 0.1) is 15.5 Å². The van der Waals surface area contributed by atoms with Crippen molar-refractivity contribution in [3.05, 3.63) is 58.0 Å². The number of thiophene rings is 1. The van der Waals surface area contributed by atoms with E-state index in [4.69, 9.17) is 0 Å². The van der Waals surface area contributed by atoms with Crippen LogP contribution in [0.25, 0.3) is 10.6 Å². The first-order chi connectivity index (χ1) is 9.72. The van der Waals surface area contributed by atoms with E-state index in [9.17, 15) is 10.1 Å². The summed E-state index contributed by atoms with van der Waals surface area (Å²) in [6.45, 7) is 0. The van der Waals surface area contributed by atoms with Gasteiger partial charge in [0.25, 0.3) is 0 Å². The summed E-state index contributed by atoms with van der Waals surface area (Å²) in [5.74, 6) is 0. The molecule has 1 N–H and O–H groups in total. The van der Waals surface area contributed by atoms with E-state index in [1.54, 1.807) is 6.07 Å². The van der Waals surface area contributed by atoms with Gasteiger partial charge >= 0.3 is 5.00 Å². The molecule has 20 heavy (non-hydrogen) atoms. The highest BCUT2D eigenvalue weighted by Crippen LogP contribution is 2.34. The Hall–Kier alpha value is -2.25. The van der Waals surface area contributed by atoms with E-state index < -0.39 is 0 Å². The lowest BCUT2D eigenvalue weighted by atomic mass is 10.3. The Morgan fingerprint density at radius 2 is 1.95 bits per heavy atom. The molecule has 0 saturated carbocycles. The maximum atomic E-state index is 10.7. The maximum Gasteiger partial charge on any atom is 0.324 e. The number of anilines is 2. The number of rotatable bonds is 4. The highest BCUT2D eigenvalue weighted by Gasteiger charge is 2.13. The van der Waals surface area contributed by atoms with Gasteiger partial charge in [0.15, 0.2) is 5.13 Å². The predicted molar refractivity (Wildman–Crippen MR) is 81.8 cm³/mol. The molecule has 3 aromatic rings. The van der Waals surface area contributed by atoms with Gasteiger partial charge in [0, 0.05) is 17.1 Å². The van der Waals surface area contributed by atoms with Gasteiger partial charge in [-0.15, -0.1) is 11.3 Å². The van der Waals surface area contributed by atoms with Crippen LogP contribution in [0.2, 0.25) is 0 Å². The van der Waals surface area contributed by atoms with E-state index in [2.05, 4.69) is 10.3 Å². The van der Waals surface area contributed by atoms with E-state index in [1.807, 2.05) is 35.7 Å². The van der Waals surface area contributed by atoms with Crippen molar-refractivity contribution in [2.45, 2.75) is 0 Å². The number of aromatic nitrogens is 1. The fourth-order valence-electron chi connectivity index (χ4n) is 1.65. The normalized spacial score (nSPS) is 10.4. The lowest BCUT2D eigenvalue weighted by Gasteiger charge is -2.00. The molecule has 0 saturated heterocycles. The summed E-state index contributed by atoms with van der Waals surface area (Å²) in [5, 5.41) is 16.7. The van der Waals surface area contributed by atoms with Gasteiger partial charge in [-0.3, -0.25) is 10.1 Å². The van der Waals surface area contributed by atoms with Crippen LogP contribution in [0.5, 0.6) is 0 Å². The summed E-state index contributed by atoms with van der Waals surface area (Å²) in [7, 11) is 0. The molecule has 0 spiro atoms. The second-order valence-corrected chi connectivity index (χ2v) is 5.84. The number of nitrogens with one attached hydrogen (secondary N) is 1. The minimum atomic E-state index is -0.385. The summed E-state index contributed by atoms with van der Waals surface area (Å²) in [6.07, 6.45) is 0. The minimum Gasteiger partial charge on any atom is -0.332 e. The highest BCUT2D eigenvalue weighted by atomic mass is 32.1. The summed E-state index contributed by atoms with van der Waals surface area (Å²) >= 11 is 2.60. The molecule has 3 rings (SSSR count). The van der Waals surface area contributed by atoms with Gasteiger partial charge in [0.2, 0.25) is 0 Å². The smallest absolute Gasteiger partial charge is 0.324 e. The van der Waals surface area contributed by atoms with Crippen molar-refractivity contribution >= 4 is 38.5 Å². The first-order valence-corrected chi connectivity index (χ1v) is 7.44. The number of thiazole rings is 1. The largest absolute Gasteiger partial charge is 0.332 e. The molecule has 0 aliphatic rings. The molecule has 5 nitrogen and oxygen atoms in total. The monoisotopic (exact) mass is 303 g/mol. The molecule has 0 aliphatic heterocycles.